The molecule has 0 unspecified atom stereocenters. The lowest BCUT2D eigenvalue weighted by Gasteiger charge is -1.92. The number of aromatic nitrogens is 6. The lowest BCUT2D eigenvalue weighted by Crippen LogP contribution is -1.99. The van der Waals surface area contributed by atoms with Gasteiger partial charge in [0.2, 0.25) is 0 Å². The third-order valence-electron chi connectivity index (χ3n) is 2.24. The summed E-state index contributed by atoms with van der Waals surface area (Å²) in [5.41, 5.74) is 1.32. The third kappa shape index (κ3) is 1.42. The number of fused-ring (bicyclic) bond motifs is 1. The standard InChI is InChI=1S/C9H6N6O2/c16-9(17)6-5(11-3-12-6)8-14-4-1-10-2-13-7(4)15-8/h1-3H,(H,11,12)(H,16,17)(H,10,13,14,15). The fraction of sp³-hybridized carbons (Fsp3) is 0. The third-order valence-corrected chi connectivity index (χ3v) is 2.24. The van der Waals surface area contributed by atoms with Crippen molar-refractivity contribution in [1.82, 2.24) is 29.9 Å². The molecule has 0 bridgehead atoms. The molecule has 3 heterocycles. The van der Waals surface area contributed by atoms with Gasteiger partial charge in [0.15, 0.2) is 17.2 Å². The summed E-state index contributed by atoms with van der Waals surface area (Å²) < 4.78 is 0. The van der Waals surface area contributed by atoms with Gasteiger partial charge >= 0.3 is 5.97 Å². The second-order valence-electron chi connectivity index (χ2n) is 3.28. The van der Waals surface area contributed by atoms with Gasteiger partial charge in [0, 0.05) is 0 Å². The summed E-state index contributed by atoms with van der Waals surface area (Å²) in [6.07, 6.45) is 4.24. The zero-order valence-corrected chi connectivity index (χ0v) is 8.38. The molecule has 0 saturated heterocycles. The number of carboxylic acid groups (broad SMARTS) is 1. The molecule has 0 atom stereocenters. The van der Waals surface area contributed by atoms with Gasteiger partial charge in [-0.3, -0.25) is 0 Å². The van der Waals surface area contributed by atoms with Crippen LogP contribution in [0.5, 0.6) is 0 Å². The molecule has 0 aromatic carbocycles. The van der Waals surface area contributed by atoms with Crippen LogP contribution in [0, 0.1) is 0 Å². The number of aromatic carboxylic acids is 1. The summed E-state index contributed by atoms with van der Waals surface area (Å²) in [6.45, 7) is 0. The monoisotopic (exact) mass is 230 g/mol. The molecular formula is C9H6N6O2. The first-order chi connectivity index (χ1) is 8.25. The molecule has 3 rings (SSSR count). The van der Waals surface area contributed by atoms with Crippen LogP contribution in [0.4, 0.5) is 0 Å². The second-order valence-corrected chi connectivity index (χ2v) is 3.28. The minimum Gasteiger partial charge on any atom is -0.477 e. The van der Waals surface area contributed by atoms with E-state index in [1.165, 1.54) is 12.7 Å². The highest BCUT2D eigenvalue weighted by molar-refractivity contribution is 5.92. The number of hydrogen-bond donors (Lipinski definition) is 3. The predicted octanol–water partition coefficient (Wildman–Crippen LogP) is 0.441. The number of nitrogens with zero attached hydrogens (tertiary/aromatic N) is 4. The average Bonchev–Trinajstić information content (AvgIpc) is 2.95. The van der Waals surface area contributed by atoms with Crippen LogP contribution in [0.3, 0.4) is 0 Å². The van der Waals surface area contributed by atoms with Gasteiger partial charge in [0.25, 0.3) is 0 Å². The van der Waals surface area contributed by atoms with E-state index in [-0.39, 0.29) is 11.4 Å². The van der Waals surface area contributed by atoms with Crippen LogP contribution >= 0.6 is 0 Å². The topological polar surface area (TPSA) is 120 Å². The maximum Gasteiger partial charge on any atom is 0.354 e. The van der Waals surface area contributed by atoms with Gasteiger partial charge in [-0.2, -0.15) is 0 Å². The molecule has 0 fully saturated rings. The first kappa shape index (κ1) is 9.46. The lowest BCUT2D eigenvalue weighted by atomic mass is 10.3. The molecule has 17 heavy (non-hydrogen) atoms. The van der Waals surface area contributed by atoms with Crippen LogP contribution in [0.2, 0.25) is 0 Å². The molecule has 0 aliphatic carbocycles. The molecule has 0 radical (unpaired) electrons. The van der Waals surface area contributed by atoms with Crippen molar-refractivity contribution in [2.24, 2.45) is 0 Å². The molecule has 0 saturated carbocycles. The number of carboxylic acids is 1. The molecule has 0 amide bonds. The highest BCUT2D eigenvalue weighted by atomic mass is 16.4. The highest BCUT2D eigenvalue weighted by Crippen LogP contribution is 2.19. The molecule has 0 aliphatic rings. The Bertz CT molecular complexity index is 667. The normalized spacial score (nSPS) is 10.8. The SMILES string of the molecule is O=C(O)c1[nH]cnc1-c1nc2ncncc2[nH]1. The van der Waals surface area contributed by atoms with E-state index in [4.69, 9.17) is 5.11 Å². The number of aromatic amines is 2. The Labute approximate surface area is 93.8 Å². The van der Waals surface area contributed by atoms with Gasteiger partial charge in [0.05, 0.1) is 12.5 Å². The molecule has 3 N–H and O–H groups in total. The summed E-state index contributed by atoms with van der Waals surface area (Å²) in [7, 11) is 0. The van der Waals surface area contributed by atoms with E-state index in [1.807, 2.05) is 0 Å². The fourth-order valence-electron chi connectivity index (χ4n) is 1.51. The molecule has 8 heteroatoms. The minimum atomic E-state index is -1.09. The van der Waals surface area contributed by atoms with E-state index in [0.29, 0.717) is 17.0 Å². The van der Waals surface area contributed by atoms with Gasteiger partial charge in [-0.25, -0.2) is 24.7 Å². The first-order valence-corrected chi connectivity index (χ1v) is 4.68. The van der Waals surface area contributed by atoms with Crippen molar-refractivity contribution in [3.63, 3.8) is 0 Å². The quantitative estimate of drug-likeness (QED) is 0.587. The molecule has 3 aromatic rings. The van der Waals surface area contributed by atoms with Crippen LogP contribution in [-0.4, -0.2) is 41.0 Å². The van der Waals surface area contributed by atoms with E-state index in [2.05, 4.69) is 29.9 Å². The molecule has 3 aromatic heterocycles. The zero-order chi connectivity index (χ0) is 11.8. The summed E-state index contributed by atoms with van der Waals surface area (Å²) in [6, 6.07) is 0. The van der Waals surface area contributed by atoms with Gasteiger partial charge in [-0.15, -0.1) is 0 Å². The minimum absolute atomic E-state index is 0.0167. The molecule has 84 valence electrons. The van der Waals surface area contributed by atoms with Gasteiger partial charge in [-0.1, -0.05) is 0 Å². The summed E-state index contributed by atoms with van der Waals surface area (Å²) in [5.74, 6) is -0.747. The number of rotatable bonds is 2. The maximum absolute atomic E-state index is 10.9. The molecule has 0 spiro atoms. The van der Waals surface area contributed by atoms with Gasteiger partial charge in [0.1, 0.15) is 17.5 Å². The number of H-pyrrole nitrogens is 2. The average molecular weight is 230 g/mol. The number of imidazole rings is 2. The Morgan fingerprint density at radius 2 is 2.24 bits per heavy atom. The van der Waals surface area contributed by atoms with Gasteiger partial charge in [-0.05, 0) is 0 Å². The molecule has 0 aliphatic heterocycles. The first-order valence-electron chi connectivity index (χ1n) is 4.68. The van der Waals surface area contributed by atoms with Crippen LogP contribution < -0.4 is 0 Å². The molecule has 8 nitrogen and oxygen atoms in total. The highest BCUT2D eigenvalue weighted by Gasteiger charge is 2.17. The Morgan fingerprint density at radius 1 is 1.35 bits per heavy atom. The summed E-state index contributed by atoms with van der Waals surface area (Å²) in [4.78, 5) is 32.2. The van der Waals surface area contributed by atoms with Crippen molar-refractivity contribution in [2.75, 3.05) is 0 Å². The lowest BCUT2D eigenvalue weighted by molar-refractivity contribution is 0.0692. The predicted molar refractivity (Wildman–Crippen MR) is 56.2 cm³/mol. The van der Waals surface area contributed by atoms with Crippen molar-refractivity contribution < 1.29 is 9.90 Å². The van der Waals surface area contributed by atoms with E-state index in [9.17, 15) is 4.79 Å². The van der Waals surface area contributed by atoms with E-state index < -0.39 is 5.97 Å². The number of nitrogens with one attached hydrogen (secondary N) is 2. The van der Waals surface area contributed by atoms with Crippen LogP contribution in [-0.2, 0) is 0 Å². The fourth-order valence-corrected chi connectivity index (χ4v) is 1.51. The van der Waals surface area contributed by atoms with E-state index >= 15 is 0 Å². The van der Waals surface area contributed by atoms with Crippen LogP contribution in [0.1, 0.15) is 10.5 Å². The van der Waals surface area contributed by atoms with Crippen molar-refractivity contribution in [3.8, 4) is 11.5 Å². The largest absolute Gasteiger partial charge is 0.477 e. The zero-order valence-electron chi connectivity index (χ0n) is 8.38. The van der Waals surface area contributed by atoms with Crippen LogP contribution in [0.15, 0.2) is 18.9 Å². The molecular weight excluding hydrogens is 224 g/mol. The Kier molecular flexibility index (Phi) is 1.87. The van der Waals surface area contributed by atoms with E-state index in [0.717, 1.165) is 0 Å². The van der Waals surface area contributed by atoms with Crippen molar-refractivity contribution >= 4 is 17.1 Å². The van der Waals surface area contributed by atoms with Gasteiger partial charge < -0.3 is 15.1 Å². The Hall–Kier alpha value is -2.77. The maximum atomic E-state index is 10.9. The Morgan fingerprint density at radius 3 is 3.00 bits per heavy atom. The van der Waals surface area contributed by atoms with Crippen molar-refractivity contribution in [3.05, 3.63) is 24.5 Å². The smallest absolute Gasteiger partial charge is 0.354 e. The van der Waals surface area contributed by atoms with Crippen molar-refractivity contribution in [1.29, 1.82) is 0 Å². The van der Waals surface area contributed by atoms with E-state index in [1.54, 1.807) is 6.20 Å². The summed E-state index contributed by atoms with van der Waals surface area (Å²) >= 11 is 0. The number of carbonyl (C=O) groups is 1. The number of hydrogen-bond acceptors (Lipinski definition) is 5. The van der Waals surface area contributed by atoms with Crippen LogP contribution in [0.25, 0.3) is 22.7 Å². The second kappa shape index (κ2) is 3.37. The summed E-state index contributed by atoms with van der Waals surface area (Å²) in [5, 5.41) is 8.95. The van der Waals surface area contributed by atoms with Crippen molar-refractivity contribution in [2.45, 2.75) is 0 Å². The Balaban J connectivity index is 2.20.